The SMILES string of the molecule is Oc1ccc2cc(Cl)ccc2c1C1CCCN1. The topological polar surface area (TPSA) is 32.3 Å². The third-order valence-corrected chi connectivity index (χ3v) is 3.64. The van der Waals surface area contributed by atoms with Crippen LogP contribution in [-0.4, -0.2) is 11.7 Å². The van der Waals surface area contributed by atoms with E-state index in [2.05, 4.69) is 5.32 Å². The van der Waals surface area contributed by atoms with Gasteiger partial charge in [-0.15, -0.1) is 0 Å². The molecule has 0 spiro atoms. The maximum absolute atomic E-state index is 10.1. The summed E-state index contributed by atoms with van der Waals surface area (Å²) in [5.74, 6) is 0.374. The highest BCUT2D eigenvalue weighted by Crippen LogP contribution is 2.36. The number of aromatic hydroxyl groups is 1. The van der Waals surface area contributed by atoms with E-state index < -0.39 is 0 Å². The van der Waals surface area contributed by atoms with Crippen molar-refractivity contribution in [2.75, 3.05) is 6.54 Å². The normalized spacial score (nSPS) is 19.9. The average molecular weight is 248 g/mol. The van der Waals surface area contributed by atoms with E-state index in [1.165, 1.54) is 0 Å². The smallest absolute Gasteiger partial charge is 0.120 e. The van der Waals surface area contributed by atoms with Gasteiger partial charge in [0.05, 0.1) is 0 Å². The van der Waals surface area contributed by atoms with Gasteiger partial charge >= 0.3 is 0 Å². The quantitative estimate of drug-likeness (QED) is 0.807. The fourth-order valence-corrected chi connectivity index (χ4v) is 2.79. The van der Waals surface area contributed by atoms with Crippen molar-refractivity contribution in [2.45, 2.75) is 18.9 Å². The average Bonchev–Trinajstić information content (AvgIpc) is 2.82. The zero-order valence-electron chi connectivity index (χ0n) is 9.41. The number of hydrogen-bond donors (Lipinski definition) is 2. The standard InChI is InChI=1S/C14H14ClNO/c15-10-4-5-11-9(8-10)3-6-13(17)14(11)12-2-1-7-16-12/h3-6,8,12,16-17H,1-2,7H2. The summed E-state index contributed by atoms with van der Waals surface area (Å²) in [6.45, 7) is 1.02. The van der Waals surface area contributed by atoms with Crippen LogP contribution in [0.1, 0.15) is 24.4 Å². The van der Waals surface area contributed by atoms with Crippen molar-refractivity contribution in [2.24, 2.45) is 0 Å². The van der Waals surface area contributed by atoms with Crippen LogP contribution in [0.25, 0.3) is 10.8 Å². The Kier molecular flexibility index (Phi) is 2.69. The minimum Gasteiger partial charge on any atom is -0.508 e. The third kappa shape index (κ3) is 1.88. The van der Waals surface area contributed by atoms with Crippen molar-refractivity contribution < 1.29 is 5.11 Å². The summed E-state index contributed by atoms with van der Waals surface area (Å²) in [4.78, 5) is 0. The molecule has 3 heteroatoms. The molecule has 3 rings (SSSR count). The van der Waals surface area contributed by atoms with E-state index in [9.17, 15) is 5.11 Å². The molecular formula is C14H14ClNO. The van der Waals surface area contributed by atoms with Crippen LogP contribution in [0.3, 0.4) is 0 Å². The molecule has 2 N–H and O–H groups in total. The van der Waals surface area contributed by atoms with Gasteiger partial charge in [-0.1, -0.05) is 23.7 Å². The Morgan fingerprint density at radius 3 is 2.88 bits per heavy atom. The number of nitrogens with one attached hydrogen (secondary N) is 1. The van der Waals surface area contributed by atoms with Crippen molar-refractivity contribution in [3.05, 3.63) is 40.9 Å². The van der Waals surface area contributed by atoms with Crippen LogP contribution in [0.5, 0.6) is 5.75 Å². The molecule has 2 aromatic carbocycles. The molecule has 1 unspecified atom stereocenters. The van der Waals surface area contributed by atoms with Gasteiger partial charge in [-0.25, -0.2) is 0 Å². The Hall–Kier alpha value is -1.25. The second kappa shape index (κ2) is 4.21. The molecule has 1 saturated heterocycles. The fraction of sp³-hybridized carbons (Fsp3) is 0.286. The number of rotatable bonds is 1. The van der Waals surface area contributed by atoms with E-state index in [0.29, 0.717) is 5.75 Å². The Labute approximate surface area is 105 Å². The first-order valence-electron chi connectivity index (χ1n) is 5.90. The first-order chi connectivity index (χ1) is 8.25. The molecule has 88 valence electrons. The molecule has 1 aliphatic rings. The second-order valence-corrected chi connectivity index (χ2v) is 4.95. The molecule has 1 fully saturated rings. The lowest BCUT2D eigenvalue weighted by Crippen LogP contribution is -2.13. The molecule has 2 nitrogen and oxygen atoms in total. The predicted molar refractivity (Wildman–Crippen MR) is 70.6 cm³/mol. The summed E-state index contributed by atoms with van der Waals surface area (Å²) in [6, 6.07) is 9.74. The molecule has 1 aliphatic heterocycles. The van der Waals surface area contributed by atoms with Gasteiger partial charge < -0.3 is 10.4 Å². The first-order valence-corrected chi connectivity index (χ1v) is 6.28. The molecule has 1 heterocycles. The maximum atomic E-state index is 10.1. The van der Waals surface area contributed by atoms with Gasteiger partial charge in [-0.2, -0.15) is 0 Å². The molecule has 0 bridgehead atoms. The van der Waals surface area contributed by atoms with Gasteiger partial charge in [-0.3, -0.25) is 0 Å². The highest BCUT2D eigenvalue weighted by atomic mass is 35.5. The van der Waals surface area contributed by atoms with Crippen molar-refractivity contribution in [1.29, 1.82) is 0 Å². The molecule has 2 aromatic rings. The number of phenols is 1. The van der Waals surface area contributed by atoms with Crippen molar-refractivity contribution >= 4 is 22.4 Å². The predicted octanol–water partition coefficient (Wildman–Crippen LogP) is 3.62. The van der Waals surface area contributed by atoms with Crippen LogP contribution < -0.4 is 5.32 Å². The molecule has 0 aromatic heterocycles. The van der Waals surface area contributed by atoms with Crippen LogP contribution in [0.15, 0.2) is 30.3 Å². The van der Waals surface area contributed by atoms with Gasteiger partial charge in [0, 0.05) is 16.6 Å². The monoisotopic (exact) mass is 247 g/mol. The zero-order valence-corrected chi connectivity index (χ0v) is 10.2. The minimum atomic E-state index is 0.264. The molecule has 17 heavy (non-hydrogen) atoms. The zero-order chi connectivity index (χ0) is 11.8. The Bertz CT molecular complexity index is 561. The van der Waals surface area contributed by atoms with Gasteiger partial charge in [-0.05, 0) is 48.4 Å². The Balaban J connectivity index is 2.23. The molecule has 0 amide bonds. The number of hydrogen-bond acceptors (Lipinski definition) is 2. The van der Waals surface area contributed by atoms with Crippen LogP contribution in [0, 0.1) is 0 Å². The maximum Gasteiger partial charge on any atom is 0.120 e. The van der Waals surface area contributed by atoms with Crippen molar-refractivity contribution in [1.82, 2.24) is 5.32 Å². The van der Waals surface area contributed by atoms with E-state index in [4.69, 9.17) is 11.6 Å². The van der Waals surface area contributed by atoms with Crippen LogP contribution in [0.2, 0.25) is 5.02 Å². The van der Waals surface area contributed by atoms with E-state index >= 15 is 0 Å². The number of benzene rings is 2. The summed E-state index contributed by atoms with van der Waals surface area (Å²) < 4.78 is 0. The Morgan fingerprint density at radius 1 is 1.24 bits per heavy atom. The molecule has 0 radical (unpaired) electrons. The Morgan fingerprint density at radius 2 is 2.12 bits per heavy atom. The number of fused-ring (bicyclic) bond motifs is 1. The summed E-state index contributed by atoms with van der Waals surface area (Å²) in [7, 11) is 0. The van der Waals surface area contributed by atoms with Gasteiger partial charge in [0.2, 0.25) is 0 Å². The minimum absolute atomic E-state index is 0.264. The summed E-state index contributed by atoms with van der Waals surface area (Å²) in [5.41, 5.74) is 1.01. The largest absolute Gasteiger partial charge is 0.508 e. The van der Waals surface area contributed by atoms with E-state index in [1.54, 1.807) is 6.07 Å². The summed E-state index contributed by atoms with van der Waals surface area (Å²) in [6.07, 6.45) is 2.24. The summed E-state index contributed by atoms with van der Waals surface area (Å²) >= 11 is 5.99. The molecule has 0 aliphatic carbocycles. The van der Waals surface area contributed by atoms with E-state index in [0.717, 1.165) is 40.7 Å². The highest BCUT2D eigenvalue weighted by Gasteiger charge is 2.21. The summed E-state index contributed by atoms with van der Waals surface area (Å²) in [5, 5.41) is 16.4. The molecule has 0 saturated carbocycles. The fourth-order valence-electron chi connectivity index (χ4n) is 2.61. The third-order valence-electron chi connectivity index (χ3n) is 3.41. The van der Waals surface area contributed by atoms with Crippen LogP contribution in [-0.2, 0) is 0 Å². The second-order valence-electron chi connectivity index (χ2n) is 4.51. The van der Waals surface area contributed by atoms with Crippen molar-refractivity contribution in [3.63, 3.8) is 0 Å². The van der Waals surface area contributed by atoms with Gasteiger partial charge in [0.15, 0.2) is 0 Å². The lowest BCUT2D eigenvalue weighted by Gasteiger charge is -2.15. The molecule has 1 atom stereocenters. The van der Waals surface area contributed by atoms with Gasteiger partial charge in [0.1, 0.15) is 5.75 Å². The molecular weight excluding hydrogens is 234 g/mol. The number of phenolic OH excluding ortho intramolecular Hbond substituents is 1. The van der Waals surface area contributed by atoms with E-state index in [1.807, 2.05) is 24.3 Å². The van der Waals surface area contributed by atoms with Crippen molar-refractivity contribution in [3.8, 4) is 5.75 Å². The van der Waals surface area contributed by atoms with Crippen LogP contribution in [0.4, 0.5) is 0 Å². The first kappa shape index (κ1) is 10.9. The highest BCUT2D eigenvalue weighted by molar-refractivity contribution is 6.31. The lowest BCUT2D eigenvalue weighted by molar-refractivity contribution is 0.459. The van der Waals surface area contributed by atoms with E-state index in [-0.39, 0.29) is 6.04 Å². The van der Waals surface area contributed by atoms with Gasteiger partial charge in [0.25, 0.3) is 0 Å². The number of halogens is 1. The van der Waals surface area contributed by atoms with Crippen LogP contribution >= 0.6 is 11.6 Å². The lowest BCUT2D eigenvalue weighted by atomic mass is 9.97.